The molecule has 11 heteroatoms. The van der Waals surface area contributed by atoms with Crippen molar-refractivity contribution in [2.45, 2.75) is 0 Å². The van der Waals surface area contributed by atoms with Crippen LogP contribution in [0.2, 0.25) is 10.0 Å². The molecule has 4 N–H and O–H groups in total. The summed E-state index contributed by atoms with van der Waals surface area (Å²) in [5.74, 6) is -0.117. The number of aromatic nitrogens is 1. The molecule has 4 amide bonds. The van der Waals surface area contributed by atoms with E-state index in [1.807, 2.05) is 24.3 Å². The number of urea groups is 2. The molecule has 1 aromatic heterocycles. The van der Waals surface area contributed by atoms with E-state index in [-0.39, 0.29) is 5.96 Å². The highest BCUT2D eigenvalue weighted by Crippen LogP contribution is 2.27. The van der Waals surface area contributed by atoms with Gasteiger partial charge in [0.15, 0.2) is 0 Å². The van der Waals surface area contributed by atoms with Gasteiger partial charge in [-0.1, -0.05) is 58.8 Å². The average molecular weight is 499 g/mol. The summed E-state index contributed by atoms with van der Waals surface area (Å²) in [5, 5.41) is 11.6. The highest BCUT2D eigenvalue weighted by molar-refractivity contribution is 7.22. The van der Waals surface area contributed by atoms with Crippen LogP contribution in [0.3, 0.4) is 0 Å². The number of carbonyl (C=O) groups excluding carboxylic acids is 2. The molecule has 0 saturated carbocycles. The summed E-state index contributed by atoms with van der Waals surface area (Å²) in [6.07, 6.45) is 0. The molecule has 4 aromatic rings. The maximum atomic E-state index is 12.5. The smallest absolute Gasteiger partial charge is 0.308 e. The first-order valence-electron chi connectivity index (χ1n) is 9.56. The highest BCUT2D eigenvalue weighted by atomic mass is 35.5. The van der Waals surface area contributed by atoms with Crippen molar-refractivity contribution < 1.29 is 9.59 Å². The molecule has 3 aromatic carbocycles. The zero-order valence-corrected chi connectivity index (χ0v) is 19.1. The fourth-order valence-electron chi connectivity index (χ4n) is 2.76. The van der Waals surface area contributed by atoms with Crippen LogP contribution >= 0.6 is 34.5 Å². The Morgan fingerprint density at radius 2 is 1.36 bits per heavy atom. The molecule has 0 aliphatic rings. The third-order valence-electron chi connectivity index (χ3n) is 4.12. The van der Waals surface area contributed by atoms with Gasteiger partial charge in [-0.2, -0.15) is 4.99 Å². The lowest BCUT2D eigenvalue weighted by atomic mass is 10.3. The second-order valence-corrected chi connectivity index (χ2v) is 8.49. The van der Waals surface area contributed by atoms with Crippen LogP contribution in [0.25, 0.3) is 10.2 Å². The van der Waals surface area contributed by atoms with E-state index in [1.165, 1.54) is 11.3 Å². The van der Waals surface area contributed by atoms with Gasteiger partial charge in [0.1, 0.15) is 0 Å². The molecule has 1 heterocycles. The van der Waals surface area contributed by atoms with Crippen LogP contribution in [0.4, 0.5) is 26.1 Å². The molecule has 0 spiro atoms. The number of halogens is 2. The van der Waals surface area contributed by atoms with Crippen molar-refractivity contribution in [3.05, 3.63) is 82.8 Å². The number of nitrogens with zero attached hydrogens (tertiary/aromatic N) is 2. The Labute approximate surface area is 202 Å². The normalized spacial score (nSPS) is 10.4. The lowest BCUT2D eigenvalue weighted by Crippen LogP contribution is -2.46. The van der Waals surface area contributed by atoms with Crippen LogP contribution in [0, 0.1) is 0 Å². The van der Waals surface area contributed by atoms with Crippen LogP contribution in [-0.4, -0.2) is 23.0 Å². The number of hydrogen-bond acceptors (Lipinski definition) is 5. The first-order valence-corrected chi connectivity index (χ1v) is 11.1. The number of aliphatic imine (C=N–C) groups is 1. The monoisotopic (exact) mass is 498 g/mol. The van der Waals surface area contributed by atoms with E-state index in [4.69, 9.17) is 23.2 Å². The Bertz CT molecular complexity index is 1260. The quantitative estimate of drug-likeness (QED) is 0.198. The maximum absolute atomic E-state index is 12.5. The number of amides is 4. The molecular formula is C22H16Cl2N6O2S. The number of carbonyl (C=O) groups is 2. The Balaban J connectivity index is 1.54. The molecular weight excluding hydrogens is 483 g/mol. The molecule has 33 heavy (non-hydrogen) atoms. The van der Waals surface area contributed by atoms with Gasteiger partial charge in [0, 0.05) is 21.4 Å². The van der Waals surface area contributed by atoms with Gasteiger partial charge >= 0.3 is 12.1 Å². The van der Waals surface area contributed by atoms with Gasteiger partial charge in [-0.25, -0.2) is 14.6 Å². The van der Waals surface area contributed by atoms with Crippen LogP contribution in [0.15, 0.2) is 77.8 Å². The first kappa shape index (κ1) is 22.5. The lowest BCUT2D eigenvalue weighted by molar-refractivity contribution is 0.254. The number of fused-ring (bicyclic) bond motifs is 1. The lowest BCUT2D eigenvalue weighted by Gasteiger charge is -2.12. The summed E-state index contributed by atoms with van der Waals surface area (Å²) >= 11 is 13.2. The van der Waals surface area contributed by atoms with Crippen molar-refractivity contribution in [3.8, 4) is 0 Å². The zero-order chi connectivity index (χ0) is 23.2. The first-order chi connectivity index (χ1) is 15.9. The van der Waals surface area contributed by atoms with Crippen LogP contribution in [-0.2, 0) is 0 Å². The van der Waals surface area contributed by atoms with E-state index in [1.54, 1.807) is 48.5 Å². The number of benzene rings is 3. The molecule has 0 aliphatic carbocycles. The van der Waals surface area contributed by atoms with Crippen molar-refractivity contribution in [1.82, 2.24) is 15.6 Å². The van der Waals surface area contributed by atoms with Crippen molar-refractivity contribution in [2.24, 2.45) is 4.99 Å². The summed E-state index contributed by atoms with van der Waals surface area (Å²) in [7, 11) is 0. The minimum absolute atomic E-state index is 0.117. The molecule has 0 bridgehead atoms. The Kier molecular flexibility index (Phi) is 7.04. The van der Waals surface area contributed by atoms with E-state index >= 15 is 0 Å². The third kappa shape index (κ3) is 6.42. The average Bonchev–Trinajstić information content (AvgIpc) is 3.15. The molecule has 166 valence electrons. The molecule has 0 saturated heterocycles. The third-order valence-corrected chi connectivity index (χ3v) is 5.52. The standard InChI is InChI=1S/C22H16Cl2N6O2S/c23-13-5-3-7-15(11-13)25-20(31)28-19(29-21(32)26-16-8-4-6-14(24)12-16)30-22-27-17-9-1-2-10-18(17)33-22/h1-12H,(H4,25,26,27,28,29,30,31,32). The topological polar surface area (TPSA) is 108 Å². The molecule has 0 unspecified atom stereocenters. The van der Waals surface area contributed by atoms with E-state index in [2.05, 4.69) is 31.2 Å². The van der Waals surface area contributed by atoms with Crippen molar-refractivity contribution in [3.63, 3.8) is 0 Å². The van der Waals surface area contributed by atoms with Gasteiger partial charge in [-0.3, -0.25) is 10.6 Å². The number of nitrogens with one attached hydrogen (secondary N) is 4. The van der Waals surface area contributed by atoms with Gasteiger partial charge in [-0.05, 0) is 48.5 Å². The molecule has 0 atom stereocenters. The fraction of sp³-hybridized carbons (Fsp3) is 0. The number of thiazole rings is 1. The van der Waals surface area contributed by atoms with Gasteiger partial charge in [-0.15, -0.1) is 0 Å². The van der Waals surface area contributed by atoms with Crippen LogP contribution in [0.5, 0.6) is 0 Å². The largest absolute Gasteiger partial charge is 0.326 e. The predicted molar refractivity (Wildman–Crippen MR) is 134 cm³/mol. The van der Waals surface area contributed by atoms with Gasteiger partial charge < -0.3 is 10.6 Å². The van der Waals surface area contributed by atoms with Crippen molar-refractivity contribution >= 4 is 79.3 Å². The number of guanidine groups is 1. The van der Waals surface area contributed by atoms with Crippen LogP contribution < -0.4 is 21.3 Å². The minimum atomic E-state index is -0.625. The number of para-hydroxylation sites is 1. The molecule has 4 rings (SSSR count). The summed E-state index contributed by atoms with van der Waals surface area (Å²) in [5.41, 5.74) is 1.71. The van der Waals surface area contributed by atoms with E-state index < -0.39 is 12.1 Å². The number of rotatable bonds is 3. The summed E-state index contributed by atoms with van der Waals surface area (Å²) in [4.78, 5) is 33.8. The Morgan fingerprint density at radius 3 is 1.91 bits per heavy atom. The SMILES string of the molecule is O=C(NC(=Nc1nc2ccccc2s1)NC(=O)Nc1cccc(Cl)c1)Nc1cccc(Cl)c1. The minimum Gasteiger partial charge on any atom is -0.308 e. The zero-order valence-electron chi connectivity index (χ0n) is 16.8. The van der Waals surface area contributed by atoms with Gasteiger partial charge in [0.25, 0.3) is 0 Å². The second-order valence-electron chi connectivity index (χ2n) is 6.60. The van der Waals surface area contributed by atoms with Gasteiger partial charge in [0.2, 0.25) is 11.1 Å². The van der Waals surface area contributed by atoms with E-state index in [0.29, 0.717) is 26.6 Å². The Hall–Kier alpha value is -3.66. The van der Waals surface area contributed by atoms with Crippen molar-refractivity contribution in [1.29, 1.82) is 0 Å². The van der Waals surface area contributed by atoms with E-state index in [9.17, 15) is 9.59 Å². The fourth-order valence-corrected chi connectivity index (χ4v) is 3.99. The Morgan fingerprint density at radius 1 is 0.788 bits per heavy atom. The number of anilines is 2. The highest BCUT2D eigenvalue weighted by Gasteiger charge is 2.13. The summed E-state index contributed by atoms with van der Waals surface area (Å²) in [6, 6.07) is 19.6. The number of hydrogen-bond donors (Lipinski definition) is 4. The van der Waals surface area contributed by atoms with Crippen LogP contribution in [0.1, 0.15) is 0 Å². The maximum Gasteiger partial charge on any atom is 0.326 e. The summed E-state index contributed by atoms with van der Waals surface area (Å²) in [6.45, 7) is 0. The molecule has 0 radical (unpaired) electrons. The molecule has 0 aliphatic heterocycles. The van der Waals surface area contributed by atoms with Crippen molar-refractivity contribution in [2.75, 3.05) is 10.6 Å². The van der Waals surface area contributed by atoms with E-state index in [0.717, 1.165) is 10.2 Å². The van der Waals surface area contributed by atoms with Gasteiger partial charge in [0.05, 0.1) is 10.2 Å². The predicted octanol–water partition coefficient (Wildman–Crippen LogP) is 6.23. The molecule has 8 nitrogen and oxygen atoms in total. The second kappa shape index (κ2) is 10.3. The summed E-state index contributed by atoms with van der Waals surface area (Å²) < 4.78 is 0.919. The molecule has 0 fully saturated rings.